The van der Waals surface area contributed by atoms with Crippen LogP contribution in [0.1, 0.15) is 44.4 Å². The molecule has 1 saturated heterocycles. The summed E-state index contributed by atoms with van der Waals surface area (Å²) in [5, 5.41) is 3.01. The van der Waals surface area contributed by atoms with E-state index in [4.69, 9.17) is 4.98 Å². The smallest absolute Gasteiger partial charge is 0.234 e. The number of nitrogens with one attached hydrogen (secondary N) is 1. The topological polar surface area (TPSA) is 58.1 Å². The molecular formula is C22H28N4O. The summed E-state index contributed by atoms with van der Waals surface area (Å²) in [7, 11) is 0. The zero-order valence-electron chi connectivity index (χ0n) is 16.2. The van der Waals surface area contributed by atoms with E-state index in [0.717, 1.165) is 50.2 Å². The second kappa shape index (κ2) is 7.39. The highest BCUT2D eigenvalue weighted by Gasteiger charge is 2.44. The SMILES string of the molecule is CC(C)NC(=O)CN1CCCC2(CCc3cnc(-c4ccccc4)nc32)C1. The van der Waals surface area contributed by atoms with E-state index in [9.17, 15) is 4.79 Å². The summed E-state index contributed by atoms with van der Waals surface area (Å²) in [6.45, 7) is 6.39. The molecule has 0 saturated carbocycles. The first-order valence-electron chi connectivity index (χ1n) is 9.99. The number of benzene rings is 1. The van der Waals surface area contributed by atoms with Crippen molar-refractivity contribution in [3.8, 4) is 11.4 Å². The average Bonchev–Trinajstić information content (AvgIpc) is 2.99. The molecule has 2 aromatic rings. The van der Waals surface area contributed by atoms with Crippen molar-refractivity contribution in [3.05, 3.63) is 47.8 Å². The van der Waals surface area contributed by atoms with Gasteiger partial charge >= 0.3 is 0 Å². The number of carbonyl (C=O) groups is 1. The van der Waals surface area contributed by atoms with Crippen LogP contribution in [0.5, 0.6) is 0 Å². The van der Waals surface area contributed by atoms with E-state index in [1.807, 2.05) is 38.2 Å². The number of amides is 1. The van der Waals surface area contributed by atoms with Crippen molar-refractivity contribution >= 4 is 5.91 Å². The summed E-state index contributed by atoms with van der Waals surface area (Å²) < 4.78 is 0. The predicted molar refractivity (Wildman–Crippen MR) is 106 cm³/mol. The molecule has 5 nitrogen and oxygen atoms in total. The van der Waals surface area contributed by atoms with Crippen molar-refractivity contribution < 1.29 is 4.79 Å². The lowest BCUT2D eigenvalue weighted by Gasteiger charge is -2.40. The number of hydrogen-bond donors (Lipinski definition) is 1. The molecular weight excluding hydrogens is 336 g/mol. The molecule has 1 aliphatic carbocycles. The number of aromatic nitrogens is 2. The standard InChI is InChI=1S/C22H28N4O/c1-16(2)24-19(27)14-26-12-6-10-22(15-26)11-9-18-13-23-21(25-20(18)22)17-7-4-3-5-8-17/h3-5,7-8,13,16H,6,9-12,14-15H2,1-2H3,(H,24,27). The summed E-state index contributed by atoms with van der Waals surface area (Å²) in [4.78, 5) is 24.2. The first-order chi connectivity index (χ1) is 13.1. The Hall–Kier alpha value is -2.27. The van der Waals surface area contributed by atoms with E-state index >= 15 is 0 Å². The van der Waals surface area contributed by atoms with Crippen LogP contribution in [0, 0.1) is 0 Å². The minimum Gasteiger partial charge on any atom is -0.353 e. The fourth-order valence-corrected chi connectivity index (χ4v) is 4.60. The summed E-state index contributed by atoms with van der Waals surface area (Å²) in [5.74, 6) is 0.929. The van der Waals surface area contributed by atoms with Crippen LogP contribution in [-0.2, 0) is 16.6 Å². The van der Waals surface area contributed by atoms with E-state index in [1.54, 1.807) is 0 Å². The van der Waals surface area contributed by atoms with Crippen molar-refractivity contribution in [2.24, 2.45) is 0 Å². The van der Waals surface area contributed by atoms with Gasteiger partial charge in [0.1, 0.15) is 0 Å². The molecule has 1 aromatic carbocycles. The quantitative estimate of drug-likeness (QED) is 0.906. The third-order valence-corrected chi connectivity index (χ3v) is 5.74. The van der Waals surface area contributed by atoms with Gasteiger partial charge in [0.25, 0.3) is 0 Å². The number of fused-ring (bicyclic) bond motifs is 2. The van der Waals surface area contributed by atoms with Gasteiger partial charge in [0.15, 0.2) is 5.82 Å². The molecule has 2 heterocycles. The Morgan fingerprint density at radius 1 is 1.26 bits per heavy atom. The molecule has 1 atom stereocenters. The van der Waals surface area contributed by atoms with E-state index < -0.39 is 0 Å². The van der Waals surface area contributed by atoms with Crippen LogP contribution in [0.4, 0.5) is 0 Å². The zero-order chi connectivity index (χ0) is 18.9. The maximum Gasteiger partial charge on any atom is 0.234 e. The molecule has 1 unspecified atom stereocenters. The number of rotatable bonds is 4. The highest BCUT2D eigenvalue weighted by Crippen LogP contribution is 2.44. The number of aryl methyl sites for hydroxylation is 1. The number of nitrogens with zero attached hydrogens (tertiary/aromatic N) is 3. The van der Waals surface area contributed by atoms with Crippen LogP contribution < -0.4 is 5.32 Å². The first-order valence-corrected chi connectivity index (χ1v) is 9.99. The Bertz CT molecular complexity index is 816. The molecule has 0 radical (unpaired) electrons. The van der Waals surface area contributed by atoms with Crippen molar-refractivity contribution in [2.75, 3.05) is 19.6 Å². The maximum absolute atomic E-state index is 12.2. The molecule has 5 heteroatoms. The van der Waals surface area contributed by atoms with Gasteiger partial charge < -0.3 is 5.32 Å². The van der Waals surface area contributed by atoms with Gasteiger partial charge in [-0.3, -0.25) is 9.69 Å². The lowest BCUT2D eigenvalue weighted by atomic mass is 9.77. The fraction of sp³-hybridized carbons (Fsp3) is 0.500. The van der Waals surface area contributed by atoms with Crippen LogP contribution in [-0.4, -0.2) is 46.5 Å². The number of carbonyl (C=O) groups excluding carboxylic acids is 1. The highest BCUT2D eigenvalue weighted by molar-refractivity contribution is 5.78. The predicted octanol–water partition coefficient (Wildman–Crippen LogP) is 2.95. The fourth-order valence-electron chi connectivity index (χ4n) is 4.60. The van der Waals surface area contributed by atoms with Gasteiger partial charge in [0, 0.05) is 29.8 Å². The molecule has 2 aliphatic rings. The van der Waals surface area contributed by atoms with Gasteiger partial charge in [-0.05, 0) is 51.6 Å². The Labute approximate surface area is 161 Å². The second-order valence-corrected chi connectivity index (χ2v) is 8.25. The third-order valence-electron chi connectivity index (χ3n) is 5.74. The number of hydrogen-bond acceptors (Lipinski definition) is 4. The van der Waals surface area contributed by atoms with Crippen LogP contribution in [0.2, 0.25) is 0 Å². The number of likely N-dealkylation sites (tertiary alicyclic amines) is 1. The first kappa shape index (κ1) is 18.1. The van der Waals surface area contributed by atoms with E-state index in [0.29, 0.717) is 6.54 Å². The molecule has 142 valence electrons. The Kier molecular flexibility index (Phi) is 4.96. The van der Waals surface area contributed by atoms with Crippen molar-refractivity contribution in [1.29, 1.82) is 0 Å². The average molecular weight is 364 g/mol. The van der Waals surface area contributed by atoms with Gasteiger partial charge in [-0.15, -0.1) is 0 Å². The molecule has 0 bridgehead atoms. The maximum atomic E-state index is 12.2. The van der Waals surface area contributed by atoms with Crippen molar-refractivity contribution in [1.82, 2.24) is 20.2 Å². The Balaban J connectivity index is 1.57. The molecule has 1 aliphatic heterocycles. The van der Waals surface area contributed by atoms with Crippen molar-refractivity contribution in [3.63, 3.8) is 0 Å². The zero-order valence-corrected chi connectivity index (χ0v) is 16.2. The van der Waals surface area contributed by atoms with Gasteiger partial charge in [-0.25, -0.2) is 9.97 Å². The monoisotopic (exact) mass is 364 g/mol. The minimum absolute atomic E-state index is 0.0676. The van der Waals surface area contributed by atoms with Gasteiger partial charge in [0.05, 0.1) is 12.2 Å². The van der Waals surface area contributed by atoms with Gasteiger partial charge in [-0.2, -0.15) is 0 Å². The minimum atomic E-state index is 0.0676. The van der Waals surface area contributed by atoms with Gasteiger partial charge in [0.2, 0.25) is 5.91 Å². The molecule has 1 N–H and O–H groups in total. The molecule has 1 aromatic heterocycles. The molecule has 1 amide bonds. The second-order valence-electron chi connectivity index (χ2n) is 8.25. The summed E-state index contributed by atoms with van der Waals surface area (Å²) >= 11 is 0. The molecule has 1 fully saturated rings. The molecule has 27 heavy (non-hydrogen) atoms. The molecule has 1 spiro atoms. The lowest BCUT2D eigenvalue weighted by molar-refractivity contribution is -0.123. The number of piperidine rings is 1. The lowest BCUT2D eigenvalue weighted by Crippen LogP contribution is -2.49. The largest absolute Gasteiger partial charge is 0.353 e. The van der Waals surface area contributed by atoms with Crippen LogP contribution in [0.3, 0.4) is 0 Å². The van der Waals surface area contributed by atoms with E-state index in [-0.39, 0.29) is 17.4 Å². The van der Waals surface area contributed by atoms with Crippen LogP contribution in [0.15, 0.2) is 36.5 Å². The summed E-state index contributed by atoms with van der Waals surface area (Å²) in [6, 6.07) is 10.4. The highest BCUT2D eigenvalue weighted by atomic mass is 16.2. The normalized spacial score (nSPS) is 22.2. The molecule has 4 rings (SSSR count). The third kappa shape index (κ3) is 3.74. The van der Waals surface area contributed by atoms with Crippen LogP contribution >= 0.6 is 0 Å². The van der Waals surface area contributed by atoms with Crippen molar-refractivity contribution in [2.45, 2.75) is 51.0 Å². The van der Waals surface area contributed by atoms with E-state index in [2.05, 4.69) is 27.3 Å². The summed E-state index contributed by atoms with van der Waals surface area (Å²) in [5.41, 5.74) is 3.62. The Morgan fingerprint density at radius 3 is 2.85 bits per heavy atom. The van der Waals surface area contributed by atoms with Crippen LogP contribution in [0.25, 0.3) is 11.4 Å². The summed E-state index contributed by atoms with van der Waals surface area (Å²) in [6.07, 6.45) is 6.42. The Morgan fingerprint density at radius 2 is 2.07 bits per heavy atom. The van der Waals surface area contributed by atoms with E-state index in [1.165, 1.54) is 11.3 Å². The van der Waals surface area contributed by atoms with Gasteiger partial charge in [-0.1, -0.05) is 30.3 Å².